The molecule has 2 aromatic rings. The standard InChI is InChI=1S/C14H22N6O3/c1-19(8-3-2-6-16-7-4-5-15)14-11-9-18-23-13(11)12(10-17-14)20(21)22/h9-10,16H,2-8,15H2,1H3. The molecule has 23 heavy (non-hydrogen) atoms. The van der Waals surface area contributed by atoms with E-state index in [0.717, 1.165) is 38.9 Å². The first-order chi connectivity index (χ1) is 11.1. The molecular formula is C14H22N6O3. The molecule has 0 aromatic carbocycles. The maximum Gasteiger partial charge on any atom is 0.333 e. The molecule has 2 aromatic heterocycles. The van der Waals surface area contributed by atoms with E-state index in [2.05, 4.69) is 15.5 Å². The minimum absolute atomic E-state index is 0.162. The highest BCUT2D eigenvalue weighted by Crippen LogP contribution is 2.30. The van der Waals surface area contributed by atoms with Crippen molar-refractivity contribution in [3.8, 4) is 0 Å². The van der Waals surface area contributed by atoms with Crippen LogP contribution in [0, 0.1) is 10.1 Å². The quantitative estimate of drug-likeness (QED) is 0.381. The van der Waals surface area contributed by atoms with Gasteiger partial charge in [0.2, 0.25) is 5.58 Å². The number of unbranched alkanes of at least 4 members (excludes halogenated alkanes) is 1. The van der Waals surface area contributed by atoms with Crippen molar-refractivity contribution in [3.05, 3.63) is 22.5 Å². The number of nitrogens with one attached hydrogen (secondary N) is 1. The fraction of sp³-hybridized carbons (Fsp3) is 0.571. The summed E-state index contributed by atoms with van der Waals surface area (Å²) < 4.78 is 5.00. The molecule has 0 unspecified atom stereocenters. The molecule has 9 heteroatoms. The molecular weight excluding hydrogens is 300 g/mol. The first-order valence-electron chi connectivity index (χ1n) is 7.65. The minimum Gasteiger partial charge on any atom is -0.359 e. The lowest BCUT2D eigenvalue weighted by Crippen LogP contribution is -2.23. The number of rotatable bonds is 10. The second-order valence-corrected chi connectivity index (χ2v) is 5.31. The van der Waals surface area contributed by atoms with Crippen molar-refractivity contribution in [2.24, 2.45) is 5.73 Å². The smallest absolute Gasteiger partial charge is 0.333 e. The molecule has 0 fully saturated rings. The Balaban J connectivity index is 1.91. The highest BCUT2D eigenvalue weighted by Gasteiger charge is 2.21. The fourth-order valence-corrected chi connectivity index (χ4v) is 2.33. The third-order valence-corrected chi connectivity index (χ3v) is 3.57. The first kappa shape index (κ1) is 17.1. The van der Waals surface area contributed by atoms with Crippen LogP contribution in [-0.2, 0) is 0 Å². The number of fused-ring (bicyclic) bond motifs is 1. The largest absolute Gasteiger partial charge is 0.359 e. The van der Waals surface area contributed by atoms with Crippen LogP contribution >= 0.6 is 0 Å². The summed E-state index contributed by atoms with van der Waals surface area (Å²) in [4.78, 5) is 16.6. The molecule has 126 valence electrons. The van der Waals surface area contributed by atoms with E-state index in [1.165, 1.54) is 12.4 Å². The summed E-state index contributed by atoms with van der Waals surface area (Å²) in [6.45, 7) is 3.39. The second kappa shape index (κ2) is 8.39. The lowest BCUT2D eigenvalue weighted by atomic mass is 10.2. The van der Waals surface area contributed by atoms with E-state index in [9.17, 15) is 10.1 Å². The van der Waals surface area contributed by atoms with Gasteiger partial charge >= 0.3 is 5.69 Å². The Hall–Kier alpha value is -2.26. The number of aromatic nitrogens is 2. The van der Waals surface area contributed by atoms with Gasteiger partial charge in [0.1, 0.15) is 12.0 Å². The summed E-state index contributed by atoms with van der Waals surface area (Å²) in [5.41, 5.74) is 5.43. The maximum absolute atomic E-state index is 11.0. The Kier molecular flexibility index (Phi) is 6.24. The molecule has 0 spiro atoms. The predicted octanol–water partition coefficient (Wildman–Crippen LogP) is 1.29. The monoisotopic (exact) mass is 322 g/mol. The van der Waals surface area contributed by atoms with Gasteiger partial charge in [-0.15, -0.1) is 0 Å². The normalized spacial score (nSPS) is 11.0. The number of hydrogen-bond acceptors (Lipinski definition) is 8. The van der Waals surface area contributed by atoms with Gasteiger partial charge in [-0.25, -0.2) is 4.98 Å². The number of nitro groups is 1. The van der Waals surface area contributed by atoms with Crippen LogP contribution in [0.4, 0.5) is 11.5 Å². The van der Waals surface area contributed by atoms with Crippen LogP contribution in [0.3, 0.4) is 0 Å². The molecule has 2 heterocycles. The summed E-state index contributed by atoms with van der Waals surface area (Å²) in [7, 11) is 1.91. The molecule has 0 aliphatic rings. The number of nitrogens with zero attached hydrogens (tertiary/aromatic N) is 4. The van der Waals surface area contributed by atoms with Crippen LogP contribution in [0.1, 0.15) is 19.3 Å². The topological polar surface area (TPSA) is 123 Å². The van der Waals surface area contributed by atoms with Crippen molar-refractivity contribution in [1.82, 2.24) is 15.5 Å². The number of anilines is 1. The molecule has 0 saturated carbocycles. The molecule has 0 bridgehead atoms. The third kappa shape index (κ3) is 4.36. The molecule has 0 saturated heterocycles. The zero-order chi connectivity index (χ0) is 16.7. The van der Waals surface area contributed by atoms with Crippen LogP contribution in [0.25, 0.3) is 11.0 Å². The first-order valence-corrected chi connectivity index (χ1v) is 7.65. The van der Waals surface area contributed by atoms with Gasteiger partial charge in [0, 0.05) is 13.6 Å². The Morgan fingerprint density at radius 3 is 2.87 bits per heavy atom. The molecule has 2 rings (SSSR count). The van der Waals surface area contributed by atoms with E-state index in [4.69, 9.17) is 10.3 Å². The number of hydrogen-bond donors (Lipinski definition) is 2. The summed E-state index contributed by atoms with van der Waals surface area (Å²) in [6.07, 6.45) is 5.69. The van der Waals surface area contributed by atoms with Crippen LogP contribution in [0.2, 0.25) is 0 Å². The average molecular weight is 322 g/mol. The van der Waals surface area contributed by atoms with Gasteiger partial charge in [-0.05, 0) is 38.9 Å². The highest BCUT2D eigenvalue weighted by molar-refractivity contribution is 5.93. The van der Waals surface area contributed by atoms with E-state index in [-0.39, 0.29) is 11.3 Å². The van der Waals surface area contributed by atoms with Crippen molar-refractivity contribution in [1.29, 1.82) is 0 Å². The molecule has 0 radical (unpaired) electrons. The Labute approximate surface area is 134 Å². The van der Waals surface area contributed by atoms with Crippen LogP contribution in [-0.4, -0.2) is 48.3 Å². The fourth-order valence-electron chi connectivity index (χ4n) is 2.33. The van der Waals surface area contributed by atoms with Crippen molar-refractivity contribution < 1.29 is 9.45 Å². The van der Waals surface area contributed by atoms with Gasteiger partial charge in [0.25, 0.3) is 0 Å². The molecule has 0 aliphatic carbocycles. The molecule has 0 amide bonds. The van der Waals surface area contributed by atoms with Crippen LogP contribution in [0.15, 0.2) is 16.9 Å². The Bertz CT molecular complexity index is 644. The van der Waals surface area contributed by atoms with Crippen molar-refractivity contribution >= 4 is 22.5 Å². The maximum atomic E-state index is 11.0. The Morgan fingerprint density at radius 1 is 1.35 bits per heavy atom. The van der Waals surface area contributed by atoms with Crippen LogP contribution in [0.5, 0.6) is 0 Å². The van der Waals surface area contributed by atoms with E-state index < -0.39 is 4.92 Å². The average Bonchev–Trinajstić information content (AvgIpc) is 3.02. The van der Waals surface area contributed by atoms with E-state index in [1.807, 2.05) is 11.9 Å². The van der Waals surface area contributed by atoms with Crippen molar-refractivity contribution in [3.63, 3.8) is 0 Å². The lowest BCUT2D eigenvalue weighted by molar-refractivity contribution is -0.384. The van der Waals surface area contributed by atoms with Gasteiger partial charge in [-0.1, -0.05) is 5.16 Å². The molecule has 0 aliphatic heterocycles. The van der Waals surface area contributed by atoms with E-state index >= 15 is 0 Å². The van der Waals surface area contributed by atoms with Gasteiger partial charge in [0.15, 0.2) is 0 Å². The number of nitrogens with two attached hydrogens (primary N) is 1. The van der Waals surface area contributed by atoms with Crippen molar-refractivity contribution in [2.45, 2.75) is 19.3 Å². The zero-order valence-electron chi connectivity index (χ0n) is 13.2. The second-order valence-electron chi connectivity index (χ2n) is 5.31. The third-order valence-electron chi connectivity index (χ3n) is 3.57. The van der Waals surface area contributed by atoms with Crippen molar-refractivity contribution in [2.75, 3.05) is 38.1 Å². The highest BCUT2D eigenvalue weighted by atomic mass is 16.6. The molecule has 0 atom stereocenters. The van der Waals surface area contributed by atoms with E-state index in [0.29, 0.717) is 17.7 Å². The van der Waals surface area contributed by atoms with Crippen LogP contribution < -0.4 is 16.0 Å². The summed E-state index contributed by atoms with van der Waals surface area (Å²) >= 11 is 0. The minimum atomic E-state index is -0.517. The summed E-state index contributed by atoms with van der Waals surface area (Å²) in [5.74, 6) is 0.642. The van der Waals surface area contributed by atoms with E-state index in [1.54, 1.807) is 0 Å². The molecule has 3 N–H and O–H groups in total. The summed E-state index contributed by atoms with van der Waals surface area (Å²) in [5, 5.41) is 18.5. The molecule has 9 nitrogen and oxygen atoms in total. The zero-order valence-corrected chi connectivity index (χ0v) is 13.2. The van der Waals surface area contributed by atoms with Gasteiger partial charge in [0.05, 0.1) is 16.5 Å². The Morgan fingerprint density at radius 2 is 2.13 bits per heavy atom. The SMILES string of the molecule is CN(CCCCNCCCN)c1ncc([N+](=O)[O-])c2oncc12. The van der Waals surface area contributed by atoms with Gasteiger partial charge in [-0.2, -0.15) is 0 Å². The lowest BCUT2D eigenvalue weighted by Gasteiger charge is -2.18. The number of pyridine rings is 1. The van der Waals surface area contributed by atoms with Gasteiger partial charge < -0.3 is 20.5 Å². The predicted molar refractivity (Wildman–Crippen MR) is 87.5 cm³/mol. The summed E-state index contributed by atoms with van der Waals surface area (Å²) in [6, 6.07) is 0. The van der Waals surface area contributed by atoms with Gasteiger partial charge in [-0.3, -0.25) is 10.1 Å².